The Morgan fingerprint density at radius 1 is 1.39 bits per heavy atom. The maximum atomic E-state index is 11.8. The van der Waals surface area contributed by atoms with E-state index in [-0.39, 0.29) is 30.8 Å². The molecule has 0 radical (unpaired) electrons. The van der Waals surface area contributed by atoms with Gasteiger partial charge in [-0.1, -0.05) is 24.3 Å². The van der Waals surface area contributed by atoms with E-state index in [0.717, 1.165) is 30.6 Å². The Morgan fingerprint density at radius 3 is 2.72 bits per heavy atom. The van der Waals surface area contributed by atoms with E-state index < -0.39 is 0 Å². The number of carbonyl (C=O) groups excluding carboxylic acids is 1. The van der Waals surface area contributed by atoms with Gasteiger partial charge in [-0.15, -0.1) is 12.4 Å². The van der Waals surface area contributed by atoms with Gasteiger partial charge in [0.2, 0.25) is 5.91 Å². The van der Waals surface area contributed by atoms with Crippen molar-refractivity contribution < 1.29 is 9.90 Å². The van der Waals surface area contributed by atoms with Crippen LogP contribution in [0, 0.1) is 5.92 Å². The standard InChI is InChI=1S/C13H18N2O2.ClH/c16-9-12-4-2-1-3-10(12)8-15-13(17)11-5-6-14-7-11;/h1-4,11,14,16H,5-9H2,(H,15,17);1H. The van der Waals surface area contributed by atoms with Gasteiger partial charge in [-0.2, -0.15) is 0 Å². The summed E-state index contributed by atoms with van der Waals surface area (Å²) in [4.78, 5) is 11.8. The predicted octanol–water partition coefficient (Wildman–Crippen LogP) is 0.826. The summed E-state index contributed by atoms with van der Waals surface area (Å²) in [6.07, 6.45) is 0.910. The minimum absolute atomic E-state index is 0. The molecule has 1 unspecified atom stereocenters. The highest BCUT2D eigenvalue weighted by atomic mass is 35.5. The summed E-state index contributed by atoms with van der Waals surface area (Å²) in [5, 5.41) is 15.3. The van der Waals surface area contributed by atoms with Crippen LogP contribution < -0.4 is 10.6 Å². The van der Waals surface area contributed by atoms with Crippen molar-refractivity contribution in [2.45, 2.75) is 19.6 Å². The summed E-state index contributed by atoms with van der Waals surface area (Å²) in [7, 11) is 0. The Morgan fingerprint density at radius 2 is 2.11 bits per heavy atom. The maximum absolute atomic E-state index is 11.8. The van der Waals surface area contributed by atoms with Gasteiger partial charge in [-0.25, -0.2) is 0 Å². The average molecular weight is 271 g/mol. The molecule has 1 amide bonds. The molecule has 1 aliphatic heterocycles. The molecule has 5 heteroatoms. The Hall–Kier alpha value is -1.10. The molecule has 1 aromatic carbocycles. The van der Waals surface area contributed by atoms with Gasteiger partial charge in [0.05, 0.1) is 12.5 Å². The van der Waals surface area contributed by atoms with Crippen molar-refractivity contribution in [3.8, 4) is 0 Å². The molecule has 0 saturated carbocycles. The first-order chi connectivity index (χ1) is 8.31. The van der Waals surface area contributed by atoms with E-state index in [0.29, 0.717) is 6.54 Å². The van der Waals surface area contributed by atoms with Crippen LogP contribution in [-0.2, 0) is 17.9 Å². The Kier molecular flexibility index (Phi) is 6.12. The van der Waals surface area contributed by atoms with Crippen LogP contribution in [0.5, 0.6) is 0 Å². The lowest BCUT2D eigenvalue weighted by atomic mass is 10.1. The summed E-state index contributed by atoms with van der Waals surface area (Å²) in [5.41, 5.74) is 1.85. The molecule has 0 aliphatic carbocycles. The van der Waals surface area contributed by atoms with Crippen molar-refractivity contribution in [1.29, 1.82) is 0 Å². The number of hydrogen-bond donors (Lipinski definition) is 3. The molecular formula is C13H19ClN2O2. The summed E-state index contributed by atoms with van der Waals surface area (Å²) < 4.78 is 0. The Labute approximate surface area is 113 Å². The number of aliphatic hydroxyl groups is 1. The average Bonchev–Trinajstić information content (AvgIpc) is 2.90. The van der Waals surface area contributed by atoms with Crippen molar-refractivity contribution in [2.75, 3.05) is 13.1 Å². The van der Waals surface area contributed by atoms with Crippen molar-refractivity contribution >= 4 is 18.3 Å². The number of nitrogens with one attached hydrogen (secondary N) is 2. The number of halogens is 1. The number of rotatable bonds is 4. The molecular weight excluding hydrogens is 252 g/mol. The minimum Gasteiger partial charge on any atom is -0.392 e. The molecule has 1 aromatic rings. The smallest absolute Gasteiger partial charge is 0.224 e. The third-order valence-corrected chi connectivity index (χ3v) is 3.17. The Balaban J connectivity index is 0.00000162. The second kappa shape index (κ2) is 7.36. The summed E-state index contributed by atoms with van der Waals surface area (Å²) in [5.74, 6) is 0.194. The Bertz CT molecular complexity index is 392. The van der Waals surface area contributed by atoms with Crippen LogP contribution in [0.2, 0.25) is 0 Å². The van der Waals surface area contributed by atoms with Crippen LogP contribution in [0.4, 0.5) is 0 Å². The van der Waals surface area contributed by atoms with Crippen molar-refractivity contribution in [3.05, 3.63) is 35.4 Å². The van der Waals surface area contributed by atoms with Gasteiger partial charge in [0.15, 0.2) is 0 Å². The van der Waals surface area contributed by atoms with Gasteiger partial charge < -0.3 is 15.7 Å². The molecule has 1 saturated heterocycles. The molecule has 1 heterocycles. The van der Waals surface area contributed by atoms with Crippen molar-refractivity contribution in [2.24, 2.45) is 5.92 Å². The molecule has 0 aromatic heterocycles. The number of aliphatic hydroxyl groups excluding tert-OH is 1. The lowest BCUT2D eigenvalue weighted by Crippen LogP contribution is -2.31. The second-order valence-corrected chi connectivity index (χ2v) is 4.33. The third kappa shape index (κ3) is 3.70. The number of carbonyl (C=O) groups is 1. The topological polar surface area (TPSA) is 61.4 Å². The zero-order chi connectivity index (χ0) is 12.1. The van der Waals surface area contributed by atoms with Crippen LogP contribution in [0.3, 0.4) is 0 Å². The first kappa shape index (κ1) is 15.0. The second-order valence-electron chi connectivity index (χ2n) is 4.33. The third-order valence-electron chi connectivity index (χ3n) is 3.17. The fourth-order valence-electron chi connectivity index (χ4n) is 2.09. The molecule has 1 atom stereocenters. The van der Waals surface area contributed by atoms with E-state index in [1.165, 1.54) is 0 Å². The molecule has 4 nitrogen and oxygen atoms in total. The predicted molar refractivity (Wildman–Crippen MR) is 72.4 cm³/mol. The van der Waals surface area contributed by atoms with E-state index >= 15 is 0 Å². The van der Waals surface area contributed by atoms with E-state index in [9.17, 15) is 9.90 Å². The molecule has 2 rings (SSSR count). The quantitative estimate of drug-likeness (QED) is 0.759. The van der Waals surface area contributed by atoms with Gasteiger partial charge in [0.1, 0.15) is 0 Å². The molecule has 1 aliphatic rings. The number of benzene rings is 1. The lowest BCUT2D eigenvalue weighted by molar-refractivity contribution is -0.124. The molecule has 1 fully saturated rings. The number of hydrogen-bond acceptors (Lipinski definition) is 3. The molecule has 18 heavy (non-hydrogen) atoms. The first-order valence-corrected chi connectivity index (χ1v) is 5.97. The lowest BCUT2D eigenvalue weighted by Gasteiger charge is -2.11. The van der Waals surface area contributed by atoms with Gasteiger partial charge in [0, 0.05) is 13.1 Å². The molecule has 3 N–H and O–H groups in total. The van der Waals surface area contributed by atoms with Gasteiger partial charge in [0.25, 0.3) is 0 Å². The van der Waals surface area contributed by atoms with E-state index in [1.54, 1.807) is 0 Å². The fraction of sp³-hybridized carbons (Fsp3) is 0.462. The minimum atomic E-state index is 0. The van der Waals surface area contributed by atoms with Crippen LogP contribution in [0.15, 0.2) is 24.3 Å². The zero-order valence-corrected chi connectivity index (χ0v) is 11.0. The maximum Gasteiger partial charge on any atom is 0.224 e. The highest BCUT2D eigenvalue weighted by Crippen LogP contribution is 2.10. The highest BCUT2D eigenvalue weighted by molar-refractivity contribution is 5.85. The zero-order valence-electron chi connectivity index (χ0n) is 10.2. The van der Waals surface area contributed by atoms with Crippen LogP contribution in [0.1, 0.15) is 17.5 Å². The van der Waals surface area contributed by atoms with E-state index in [2.05, 4.69) is 10.6 Å². The van der Waals surface area contributed by atoms with Gasteiger partial charge in [-0.05, 0) is 24.1 Å². The largest absolute Gasteiger partial charge is 0.392 e. The van der Waals surface area contributed by atoms with Crippen molar-refractivity contribution in [1.82, 2.24) is 10.6 Å². The van der Waals surface area contributed by atoms with Crippen molar-refractivity contribution in [3.63, 3.8) is 0 Å². The molecule has 100 valence electrons. The highest BCUT2D eigenvalue weighted by Gasteiger charge is 2.21. The summed E-state index contributed by atoms with van der Waals surface area (Å²) in [6.45, 7) is 2.20. The van der Waals surface area contributed by atoms with Gasteiger partial charge in [-0.3, -0.25) is 4.79 Å². The summed E-state index contributed by atoms with van der Waals surface area (Å²) >= 11 is 0. The van der Waals surface area contributed by atoms with Gasteiger partial charge >= 0.3 is 0 Å². The van der Waals surface area contributed by atoms with E-state index in [1.807, 2.05) is 24.3 Å². The summed E-state index contributed by atoms with van der Waals surface area (Å²) in [6, 6.07) is 7.60. The normalized spacial score (nSPS) is 18.2. The molecule has 0 bridgehead atoms. The SMILES string of the molecule is Cl.O=C(NCc1ccccc1CO)C1CCNC1. The number of amides is 1. The van der Waals surface area contributed by atoms with Crippen LogP contribution >= 0.6 is 12.4 Å². The first-order valence-electron chi connectivity index (χ1n) is 5.97. The molecule has 0 spiro atoms. The van der Waals surface area contributed by atoms with Crippen LogP contribution in [0.25, 0.3) is 0 Å². The monoisotopic (exact) mass is 270 g/mol. The fourth-order valence-corrected chi connectivity index (χ4v) is 2.09. The van der Waals surface area contributed by atoms with E-state index in [4.69, 9.17) is 0 Å². The van der Waals surface area contributed by atoms with Crippen LogP contribution in [-0.4, -0.2) is 24.1 Å².